The number of rotatable bonds is 5. The zero-order chi connectivity index (χ0) is 16.9. The third-order valence-electron chi connectivity index (χ3n) is 2.93. The van der Waals surface area contributed by atoms with Crippen molar-refractivity contribution in [1.29, 1.82) is 0 Å². The van der Waals surface area contributed by atoms with Crippen molar-refractivity contribution in [2.24, 2.45) is 0 Å². The van der Waals surface area contributed by atoms with Crippen molar-refractivity contribution in [2.45, 2.75) is 19.5 Å². The number of amides is 1. The Morgan fingerprint density at radius 2 is 1.96 bits per heavy atom. The molecular formula is C15H15F3N4O. The van der Waals surface area contributed by atoms with E-state index in [1.807, 2.05) is 6.92 Å². The summed E-state index contributed by atoms with van der Waals surface area (Å²) in [7, 11) is 0. The van der Waals surface area contributed by atoms with E-state index in [2.05, 4.69) is 20.6 Å². The topological polar surface area (TPSA) is 66.9 Å². The SMILES string of the molecule is CCCNC(=O)c1cc(Nc2ccccc2C(F)(F)F)ncn1. The summed E-state index contributed by atoms with van der Waals surface area (Å²) in [5.74, 6) is -0.292. The number of benzene rings is 1. The molecule has 0 unspecified atom stereocenters. The van der Waals surface area contributed by atoms with E-state index in [0.717, 1.165) is 18.8 Å². The van der Waals surface area contributed by atoms with E-state index < -0.39 is 17.6 Å². The molecule has 2 aromatic rings. The lowest BCUT2D eigenvalue weighted by Gasteiger charge is -2.14. The lowest BCUT2D eigenvalue weighted by atomic mass is 10.1. The van der Waals surface area contributed by atoms with Gasteiger partial charge < -0.3 is 10.6 Å². The van der Waals surface area contributed by atoms with E-state index in [1.54, 1.807) is 0 Å². The van der Waals surface area contributed by atoms with Crippen LogP contribution in [0.1, 0.15) is 29.4 Å². The zero-order valence-corrected chi connectivity index (χ0v) is 12.3. The Bertz CT molecular complexity index is 688. The van der Waals surface area contributed by atoms with Crippen molar-refractivity contribution in [3.05, 3.63) is 47.9 Å². The number of alkyl halides is 3. The maximum absolute atomic E-state index is 13.0. The third-order valence-corrected chi connectivity index (χ3v) is 2.93. The van der Waals surface area contributed by atoms with Crippen LogP contribution in [-0.4, -0.2) is 22.4 Å². The predicted octanol–water partition coefficient (Wildman–Crippen LogP) is 3.38. The Hall–Kier alpha value is -2.64. The summed E-state index contributed by atoms with van der Waals surface area (Å²) in [6, 6.07) is 6.35. The van der Waals surface area contributed by atoms with Crippen LogP contribution in [0.5, 0.6) is 0 Å². The average molecular weight is 324 g/mol. The van der Waals surface area contributed by atoms with Crippen LogP contribution in [-0.2, 0) is 6.18 Å². The van der Waals surface area contributed by atoms with E-state index in [1.165, 1.54) is 24.3 Å². The molecule has 122 valence electrons. The summed E-state index contributed by atoms with van der Waals surface area (Å²) in [6.45, 7) is 2.39. The molecule has 1 aromatic heterocycles. The summed E-state index contributed by atoms with van der Waals surface area (Å²) in [5, 5.41) is 5.22. The van der Waals surface area contributed by atoms with E-state index >= 15 is 0 Å². The minimum atomic E-state index is -4.49. The van der Waals surface area contributed by atoms with Crippen molar-refractivity contribution in [2.75, 3.05) is 11.9 Å². The molecule has 0 aliphatic heterocycles. The van der Waals surface area contributed by atoms with Crippen LogP contribution in [0.25, 0.3) is 0 Å². The molecule has 0 saturated heterocycles. The molecular weight excluding hydrogens is 309 g/mol. The molecule has 2 N–H and O–H groups in total. The van der Waals surface area contributed by atoms with Gasteiger partial charge in [0.1, 0.15) is 17.8 Å². The molecule has 23 heavy (non-hydrogen) atoms. The molecule has 2 rings (SSSR count). The second-order valence-electron chi connectivity index (χ2n) is 4.71. The quantitative estimate of drug-likeness (QED) is 0.885. The number of halogens is 3. The Morgan fingerprint density at radius 1 is 1.22 bits per heavy atom. The van der Waals surface area contributed by atoms with E-state index in [0.29, 0.717) is 6.54 Å². The average Bonchev–Trinajstić information content (AvgIpc) is 2.52. The summed E-state index contributed by atoms with van der Waals surface area (Å²) in [5.41, 5.74) is -0.866. The van der Waals surface area contributed by atoms with E-state index in [4.69, 9.17) is 0 Å². The van der Waals surface area contributed by atoms with Gasteiger partial charge in [-0.1, -0.05) is 19.1 Å². The summed E-state index contributed by atoms with van der Waals surface area (Å²) >= 11 is 0. The molecule has 5 nitrogen and oxygen atoms in total. The molecule has 1 amide bonds. The van der Waals surface area contributed by atoms with Crippen LogP contribution in [0.2, 0.25) is 0 Å². The van der Waals surface area contributed by atoms with Crippen LogP contribution in [0, 0.1) is 0 Å². The molecule has 0 aliphatic carbocycles. The fourth-order valence-electron chi connectivity index (χ4n) is 1.86. The van der Waals surface area contributed by atoms with Gasteiger partial charge in [0, 0.05) is 12.6 Å². The monoisotopic (exact) mass is 324 g/mol. The Kier molecular flexibility index (Phi) is 5.15. The Balaban J connectivity index is 2.23. The van der Waals surface area contributed by atoms with Crippen molar-refractivity contribution in [3.63, 3.8) is 0 Å². The van der Waals surface area contributed by atoms with Crippen molar-refractivity contribution < 1.29 is 18.0 Å². The number of hydrogen-bond acceptors (Lipinski definition) is 4. The molecule has 1 aromatic carbocycles. The highest BCUT2D eigenvalue weighted by Gasteiger charge is 2.33. The van der Waals surface area contributed by atoms with Gasteiger partial charge in [-0.05, 0) is 18.6 Å². The fraction of sp³-hybridized carbons (Fsp3) is 0.267. The highest BCUT2D eigenvalue weighted by Crippen LogP contribution is 2.35. The number of para-hydroxylation sites is 1. The molecule has 0 fully saturated rings. The number of hydrogen-bond donors (Lipinski definition) is 2. The molecule has 0 radical (unpaired) electrons. The molecule has 8 heteroatoms. The molecule has 0 atom stereocenters. The van der Waals surface area contributed by atoms with Crippen molar-refractivity contribution >= 4 is 17.4 Å². The Labute approximate surface area is 131 Å². The molecule has 0 bridgehead atoms. The van der Waals surface area contributed by atoms with Crippen LogP contribution < -0.4 is 10.6 Å². The number of nitrogens with zero attached hydrogens (tertiary/aromatic N) is 2. The molecule has 1 heterocycles. The number of anilines is 2. The van der Waals surface area contributed by atoms with E-state index in [9.17, 15) is 18.0 Å². The lowest BCUT2D eigenvalue weighted by molar-refractivity contribution is -0.136. The molecule has 0 saturated carbocycles. The number of carbonyl (C=O) groups excluding carboxylic acids is 1. The van der Waals surface area contributed by atoms with E-state index in [-0.39, 0.29) is 17.2 Å². The predicted molar refractivity (Wildman–Crippen MR) is 79.4 cm³/mol. The van der Waals surface area contributed by atoms with Gasteiger partial charge in [0.15, 0.2) is 0 Å². The first kappa shape index (κ1) is 16.7. The Morgan fingerprint density at radius 3 is 2.65 bits per heavy atom. The first-order valence-electron chi connectivity index (χ1n) is 6.95. The van der Waals surface area contributed by atoms with Crippen molar-refractivity contribution in [1.82, 2.24) is 15.3 Å². The largest absolute Gasteiger partial charge is 0.418 e. The van der Waals surface area contributed by atoms with Crippen LogP contribution in [0.15, 0.2) is 36.7 Å². The summed E-state index contributed by atoms with van der Waals surface area (Å²) in [4.78, 5) is 19.5. The maximum Gasteiger partial charge on any atom is 0.418 e. The standard InChI is InChI=1S/C15H15F3N4O/c1-2-7-19-14(23)12-8-13(21-9-20-12)22-11-6-4-3-5-10(11)15(16,17)18/h3-6,8-9H,2,7H2,1H3,(H,19,23)(H,20,21,22). The lowest BCUT2D eigenvalue weighted by Crippen LogP contribution is -2.25. The van der Waals surface area contributed by atoms with Gasteiger partial charge in [-0.3, -0.25) is 4.79 Å². The highest BCUT2D eigenvalue weighted by molar-refractivity contribution is 5.92. The van der Waals surface area contributed by atoms with Gasteiger partial charge in [0.2, 0.25) is 0 Å². The first-order chi connectivity index (χ1) is 10.9. The maximum atomic E-state index is 13.0. The van der Waals surface area contributed by atoms with Gasteiger partial charge in [-0.15, -0.1) is 0 Å². The van der Waals surface area contributed by atoms with Crippen LogP contribution >= 0.6 is 0 Å². The summed E-state index contributed by atoms with van der Waals surface area (Å²) < 4.78 is 38.9. The van der Waals surface area contributed by atoms with Gasteiger partial charge in [-0.2, -0.15) is 13.2 Å². The second kappa shape index (κ2) is 7.08. The molecule has 0 aliphatic rings. The van der Waals surface area contributed by atoms with Gasteiger partial charge in [0.25, 0.3) is 5.91 Å². The summed E-state index contributed by atoms with van der Waals surface area (Å²) in [6.07, 6.45) is -2.60. The second-order valence-corrected chi connectivity index (χ2v) is 4.71. The van der Waals surface area contributed by atoms with Crippen LogP contribution in [0.3, 0.4) is 0 Å². The number of carbonyl (C=O) groups is 1. The minimum absolute atomic E-state index is 0.0837. The fourth-order valence-corrected chi connectivity index (χ4v) is 1.86. The molecule has 0 spiro atoms. The third kappa shape index (κ3) is 4.41. The minimum Gasteiger partial charge on any atom is -0.351 e. The first-order valence-corrected chi connectivity index (χ1v) is 6.95. The van der Waals surface area contributed by atoms with Crippen LogP contribution in [0.4, 0.5) is 24.7 Å². The van der Waals surface area contributed by atoms with Gasteiger partial charge in [0.05, 0.1) is 11.3 Å². The normalized spacial score (nSPS) is 11.1. The van der Waals surface area contributed by atoms with Gasteiger partial charge >= 0.3 is 6.18 Å². The number of aromatic nitrogens is 2. The van der Waals surface area contributed by atoms with Crippen molar-refractivity contribution in [3.8, 4) is 0 Å². The van der Waals surface area contributed by atoms with Gasteiger partial charge in [-0.25, -0.2) is 9.97 Å². The number of nitrogens with one attached hydrogen (secondary N) is 2. The highest BCUT2D eigenvalue weighted by atomic mass is 19.4. The zero-order valence-electron chi connectivity index (χ0n) is 12.3. The smallest absolute Gasteiger partial charge is 0.351 e.